The third kappa shape index (κ3) is 3.51. The molecule has 0 aliphatic rings. The first-order chi connectivity index (χ1) is 9.74. The molecule has 0 aliphatic heterocycles. The maximum atomic E-state index is 11.9. The highest BCUT2D eigenvalue weighted by Gasteiger charge is 2.15. The minimum absolute atomic E-state index is 0.306. The molecule has 2 rings (SSSR count). The van der Waals surface area contributed by atoms with E-state index in [4.69, 9.17) is 9.15 Å². The molecule has 2 aromatic heterocycles. The molecule has 2 aromatic rings. The number of nitrogens with zero attached hydrogens (tertiary/aromatic N) is 2. The van der Waals surface area contributed by atoms with Crippen molar-refractivity contribution in [3.8, 4) is 0 Å². The highest BCUT2D eigenvalue weighted by Crippen LogP contribution is 2.18. The molecule has 0 radical (unpaired) electrons. The van der Waals surface area contributed by atoms with E-state index in [1.807, 2.05) is 12.3 Å². The lowest BCUT2D eigenvalue weighted by Gasteiger charge is -2.10. The zero-order valence-electron chi connectivity index (χ0n) is 11.3. The fraction of sp³-hybridized carbons (Fsp3) is 0.308. The second-order valence-corrected chi connectivity index (χ2v) is 4.55. The summed E-state index contributed by atoms with van der Waals surface area (Å²) in [7, 11) is 0. The van der Waals surface area contributed by atoms with E-state index in [-0.39, 0.29) is 0 Å². The van der Waals surface area contributed by atoms with Crippen LogP contribution >= 0.6 is 11.8 Å². The molecule has 0 fully saturated rings. The van der Waals surface area contributed by atoms with Crippen molar-refractivity contribution in [2.45, 2.75) is 18.6 Å². The van der Waals surface area contributed by atoms with Gasteiger partial charge in [0.1, 0.15) is 17.1 Å². The normalized spacial score (nSPS) is 10.3. The first-order valence-corrected chi connectivity index (χ1v) is 7.31. The highest BCUT2D eigenvalue weighted by atomic mass is 32.2. The summed E-state index contributed by atoms with van der Waals surface area (Å²) in [5.74, 6) is 0.755. The van der Waals surface area contributed by atoms with E-state index in [0.29, 0.717) is 29.7 Å². The SMILES string of the molecule is CCOC(=O)c1cnc(SC)nc1NCc1ccco1. The molecule has 20 heavy (non-hydrogen) atoms. The maximum absolute atomic E-state index is 11.9. The van der Waals surface area contributed by atoms with Gasteiger partial charge in [0.25, 0.3) is 0 Å². The van der Waals surface area contributed by atoms with Gasteiger partial charge in [-0.2, -0.15) is 0 Å². The molecule has 7 heteroatoms. The van der Waals surface area contributed by atoms with Crippen LogP contribution in [0.1, 0.15) is 23.0 Å². The van der Waals surface area contributed by atoms with Crippen LogP contribution in [0.2, 0.25) is 0 Å². The van der Waals surface area contributed by atoms with Crippen molar-refractivity contribution in [2.75, 3.05) is 18.2 Å². The lowest BCUT2D eigenvalue weighted by molar-refractivity contribution is 0.0526. The topological polar surface area (TPSA) is 77.2 Å². The smallest absolute Gasteiger partial charge is 0.343 e. The van der Waals surface area contributed by atoms with E-state index in [2.05, 4.69) is 15.3 Å². The van der Waals surface area contributed by atoms with E-state index in [9.17, 15) is 4.79 Å². The standard InChI is InChI=1S/C13H15N3O3S/c1-3-18-12(17)10-8-15-13(20-2)16-11(10)14-7-9-5-4-6-19-9/h4-6,8H,3,7H2,1-2H3,(H,14,15,16). The molecular weight excluding hydrogens is 278 g/mol. The molecule has 2 heterocycles. The van der Waals surface area contributed by atoms with E-state index in [1.165, 1.54) is 18.0 Å². The lowest BCUT2D eigenvalue weighted by atomic mass is 10.3. The van der Waals surface area contributed by atoms with Crippen molar-refractivity contribution >= 4 is 23.5 Å². The monoisotopic (exact) mass is 293 g/mol. The van der Waals surface area contributed by atoms with Crippen molar-refractivity contribution in [3.63, 3.8) is 0 Å². The Morgan fingerprint density at radius 2 is 2.40 bits per heavy atom. The largest absolute Gasteiger partial charge is 0.467 e. The second-order valence-electron chi connectivity index (χ2n) is 3.77. The van der Waals surface area contributed by atoms with Gasteiger partial charge in [-0.15, -0.1) is 0 Å². The van der Waals surface area contributed by atoms with Crippen LogP contribution < -0.4 is 5.32 Å². The zero-order valence-corrected chi connectivity index (χ0v) is 12.1. The number of furan rings is 1. The summed E-state index contributed by atoms with van der Waals surface area (Å²) in [5, 5.41) is 3.65. The molecule has 0 spiro atoms. The first kappa shape index (κ1) is 14.4. The van der Waals surface area contributed by atoms with Crippen molar-refractivity contribution < 1.29 is 13.9 Å². The van der Waals surface area contributed by atoms with Gasteiger partial charge in [0, 0.05) is 6.20 Å². The number of carbonyl (C=O) groups is 1. The second kappa shape index (κ2) is 6.95. The van der Waals surface area contributed by atoms with Crippen molar-refractivity contribution in [3.05, 3.63) is 35.9 Å². The Labute approximate surface area is 120 Å². The number of hydrogen-bond acceptors (Lipinski definition) is 7. The molecule has 0 aromatic carbocycles. The van der Waals surface area contributed by atoms with Crippen LogP contribution in [0.25, 0.3) is 0 Å². The van der Waals surface area contributed by atoms with Crippen LogP contribution in [0, 0.1) is 0 Å². The van der Waals surface area contributed by atoms with E-state index >= 15 is 0 Å². The molecule has 0 atom stereocenters. The molecule has 0 saturated carbocycles. The van der Waals surface area contributed by atoms with Crippen LogP contribution in [-0.2, 0) is 11.3 Å². The molecule has 0 unspecified atom stereocenters. The van der Waals surface area contributed by atoms with Crippen LogP contribution in [-0.4, -0.2) is 28.8 Å². The fourth-order valence-electron chi connectivity index (χ4n) is 1.54. The molecular formula is C13H15N3O3S. The Morgan fingerprint density at radius 1 is 1.55 bits per heavy atom. The zero-order chi connectivity index (χ0) is 14.4. The molecule has 0 saturated heterocycles. The molecule has 0 bridgehead atoms. The lowest BCUT2D eigenvalue weighted by Crippen LogP contribution is -2.12. The molecule has 1 N–H and O–H groups in total. The summed E-state index contributed by atoms with van der Waals surface area (Å²) in [6, 6.07) is 3.64. The fourth-order valence-corrected chi connectivity index (χ4v) is 1.88. The third-order valence-electron chi connectivity index (χ3n) is 2.45. The number of nitrogens with one attached hydrogen (secondary N) is 1. The van der Waals surface area contributed by atoms with Gasteiger partial charge < -0.3 is 14.5 Å². The summed E-state index contributed by atoms with van der Waals surface area (Å²) in [5.41, 5.74) is 0.316. The van der Waals surface area contributed by atoms with E-state index in [1.54, 1.807) is 19.3 Å². The maximum Gasteiger partial charge on any atom is 0.343 e. The number of ether oxygens (including phenoxy) is 1. The molecule has 6 nitrogen and oxygen atoms in total. The van der Waals surface area contributed by atoms with Gasteiger partial charge in [-0.3, -0.25) is 0 Å². The predicted molar refractivity (Wildman–Crippen MR) is 75.8 cm³/mol. The number of carbonyl (C=O) groups excluding carboxylic acids is 1. The number of rotatable bonds is 6. The van der Waals surface area contributed by atoms with Crippen molar-refractivity contribution in [1.82, 2.24) is 9.97 Å². The summed E-state index contributed by atoms with van der Waals surface area (Å²) in [4.78, 5) is 20.2. The number of aromatic nitrogens is 2. The van der Waals surface area contributed by atoms with Crippen LogP contribution in [0.15, 0.2) is 34.2 Å². The Kier molecular flexibility index (Phi) is 5.00. The van der Waals surface area contributed by atoms with E-state index < -0.39 is 5.97 Å². The Balaban J connectivity index is 2.20. The Hall–Kier alpha value is -2.02. The van der Waals surface area contributed by atoms with Gasteiger partial charge in [-0.25, -0.2) is 14.8 Å². The number of thioether (sulfide) groups is 1. The summed E-state index contributed by atoms with van der Waals surface area (Å²) in [6.45, 7) is 2.50. The summed E-state index contributed by atoms with van der Waals surface area (Å²) < 4.78 is 10.2. The quantitative estimate of drug-likeness (QED) is 0.498. The Bertz CT molecular complexity index is 572. The highest BCUT2D eigenvalue weighted by molar-refractivity contribution is 7.98. The minimum Gasteiger partial charge on any atom is -0.467 e. The van der Waals surface area contributed by atoms with Crippen LogP contribution in [0.3, 0.4) is 0 Å². The van der Waals surface area contributed by atoms with Gasteiger partial charge in [0.2, 0.25) is 0 Å². The molecule has 0 amide bonds. The summed E-state index contributed by atoms with van der Waals surface area (Å²) in [6.07, 6.45) is 4.94. The van der Waals surface area contributed by atoms with Crippen molar-refractivity contribution in [1.29, 1.82) is 0 Å². The van der Waals surface area contributed by atoms with Gasteiger partial charge in [0.15, 0.2) is 5.16 Å². The Morgan fingerprint density at radius 3 is 3.05 bits per heavy atom. The predicted octanol–water partition coefficient (Wildman–Crippen LogP) is 2.58. The average Bonchev–Trinajstić information content (AvgIpc) is 2.98. The third-order valence-corrected chi connectivity index (χ3v) is 3.02. The van der Waals surface area contributed by atoms with E-state index in [0.717, 1.165) is 5.76 Å². The van der Waals surface area contributed by atoms with Gasteiger partial charge in [-0.1, -0.05) is 11.8 Å². The summed E-state index contributed by atoms with van der Waals surface area (Å²) >= 11 is 1.40. The molecule has 106 valence electrons. The number of hydrogen-bond donors (Lipinski definition) is 1. The van der Waals surface area contributed by atoms with Crippen LogP contribution in [0.4, 0.5) is 5.82 Å². The van der Waals surface area contributed by atoms with Gasteiger partial charge in [0.05, 0.1) is 19.4 Å². The van der Waals surface area contributed by atoms with Gasteiger partial charge in [-0.05, 0) is 25.3 Å². The molecule has 0 aliphatic carbocycles. The first-order valence-electron chi connectivity index (χ1n) is 6.09. The number of anilines is 1. The van der Waals surface area contributed by atoms with Crippen LogP contribution in [0.5, 0.6) is 0 Å². The van der Waals surface area contributed by atoms with Gasteiger partial charge >= 0.3 is 5.97 Å². The number of esters is 1. The van der Waals surface area contributed by atoms with Crippen molar-refractivity contribution in [2.24, 2.45) is 0 Å². The minimum atomic E-state index is -0.443. The average molecular weight is 293 g/mol.